The van der Waals surface area contributed by atoms with Crippen LogP contribution in [0.25, 0.3) is 22.1 Å². The highest BCUT2D eigenvalue weighted by molar-refractivity contribution is 5.74. The van der Waals surface area contributed by atoms with E-state index in [1.54, 1.807) is 42.5 Å². The predicted octanol–water partition coefficient (Wildman–Crippen LogP) is 0.561. The highest BCUT2D eigenvalue weighted by atomic mass is 16.5. The summed E-state index contributed by atoms with van der Waals surface area (Å²) in [6.45, 7) is 0. The number of nitrogens with zero attached hydrogens (tertiary/aromatic N) is 3. The van der Waals surface area contributed by atoms with Gasteiger partial charge >= 0.3 is 16.7 Å². The van der Waals surface area contributed by atoms with Crippen LogP contribution >= 0.6 is 0 Å². The van der Waals surface area contributed by atoms with Crippen LogP contribution in [0.4, 0.5) is 0 Å². The molecule has 3 N–H and O–H groups in total. The third-order valence-corrected chi connectivity index (χ3v) is 3.40. The lowest BCUT2D eigenvalue weighted by atomic mass is 10.3. The van der Waals surface area contributed by atoms with E-state index in [0.717, 1.165) is 6.20 Å². The van der Waals surface area contributed by atoms with Gasteiger partial charge in [-0.2, -0.15) is 0 Å². The van der Waals surface area contributed by atoms with E-state index < -0.39 is 16.7 Å². The van der Waals surface area contributed by atoms with Crippen LogP contribution < -0.4 is 16.7 Å². The molecule has 0 aliphatic carbocycles. The van der Waals surface area contributed by atoms with E-state index in [1.807, 2.05) is 0 Å². The molecule has 0 bridgehead atoms. The van der Waals surface area contributed by atoms with E-state index >= 15 is 0 Å². The lowest BCUT2D eigenvalue weighted by Crippen LogP contribution is -2.35. The van der Waals surface area contributed by atoms with Gasteiger partial charge in [0.25, 0.3) is 0 Å². The Kier molecular flexibility index (Phi) is 4.04. The maximum absolute atomic E-state index is 11.0. The predicted molar refractivity (Wildman–Crippen MR) is 89.2 cm³/mol. The third kappa shape index (κ3) is 2.98. The first-order valence-electron chi connectivity index (χ1n) is 7.08. The van der Waals surface area contributed by atoms with E-state index in [4.69, 9.17) is 0 Å². The standard InChI is InChI=1S/C8H6N2O3.C8H6N2O2/c11-7-8(12)10(13)6-4-2-1-3-5(6)9-7;11-8-5-9-6-3-1-2-4-7(6)10(8)12/h1-4,13H,(H,9,11);1-5,12H. The van der Waals surface area contributed by atoms with Crippen LogP contribution in [-0.4, -0.2) is 29.8 Å². The summed E-state index contributed by atoms with van der Waals surface area (Å²) in [4.78, 5) is 38.9. The number of nitrogens with one attached hydrogen (secondary N) is 1. The van der Waals surface area contributed by atoms with Gasteiger partial charge in [-0.25, -0.2) is 4.98 Å². The fraction of sp³-hybridized carbons (Fsp3) is 0. The Balaban J connectivity index is 0.000000146. The number of H-pyrrole nitrogens is 1. The SMILES string of the molecule is O=c1[nH]c2ccccc2n(O)c1=O.O=c1cnc2ccccc2n1O. The number of rotatable bonds is 0. The first kappa shape index (κ1) is 16.0. The molecular formula is C16H12N4O5. The summed E-state index contributed by atoms with van der Waals surface area (Å²) >= 11 is 0. The van der Waals surface area contributed by atoms with Gasteiger partial charge < -0.3 is 15.4 Å². The molecule has 4 rings (SSSR count). The molecule has 9 nitrogen and oxygen atoms in total. The number of benzene rings is 2. The minimum atomic E-state index is -0.973. The maximum Gasteiger partial charge on any atom is 0.348 e. The Morgan fingerprint density at radius 2 is 1.48 bits per heavy atom. The topological polar surface area (TPSA) is 130 Å². The van der Waals surface area contributed by atoms with E-state index in [1.165, 1.54) is 6.07 Å². The molecule has 9 heteroatoms. The molecule has 0 amide bonds. The zero-order valence-corrected chi connectivity index (χ0v) is 12.7. The zero-order valence-electron chi connectivity index (χ0n) is 12.7. The second-order valence-corrected chi connectivity index (χ2v) is 4.99. The zero-order chi connectivity index (χ0) is 18.0. The Labute approximate surface area is 138 Å². The molecule has 2 aromatic heterocycles. The number of hydrogen-bond acceptors (Lipinski definition) is 6. The summed E-state index contributed by atoms with van der Waals surface area (Å²) in [6, 6.07) is 13.4. The Morgan fingerprint density at radius 1 is 0.840 bits per heavy atom. The summed E-state index contributed by atoms with van der Waals surface area (Å²) in [5.74, 6) is 0. The van der Waals surface area contributed by atoms with Gasteiger partial charge in [-0.15, -0.1) is 9.46 Å². The molecule has 0 radical (unpaired) electrons. The molecular weight excluding hydrogens is 328 g/mol. The van der Waals surface area contributed by atoms with Gasteiger partial charge in [-0.3, -0.25) is 14.4 Å². The van der Waals surface area contributed by atoms with Crippen molar-refractivity contribution < 1.29 is 10.4 Å². The summed E-state index contributed by atoms with van der Waals surface area (Å²) in [5, 5.41) is 18.4. The Bertz CT molecular complexity index is 1240. The molecule has 25 heavy (non-hydrogen) atoms. The molecule has 126 valence electrons. The van der Waals surface area contributed by atoms with Gasteiger partial charge in [0.05, 0.1) is 17.2 Å². The summed E-state index contributed by atoms with van der Waals surface area (Å²) in [6.07, 6.45) is 1.09. The van der Waals surface area contributed by atoms with Crippen molar-refractivity contribution in [2.75, 3.05) is 0 Å². The summed E-state index contributed by atoms with van der Waals surface area (Å²) in [5.41, 5.74) is -0.597. The molecule has 0 atom stereocenters. The number of aromatic nitrogens is 4. The van der Waals surface area contributed by atoms with Crippen LogP contribution in [0, 0.1) is 0 Å². The van der Waals surface area contributed by atoms with Crippen LogP contribution in [-0.2, 0) is 0 Å². The molecule has 0 aliphatic rings. The molecule has 0 saturated heterocycles. The fourth-order valence-corrected chi connectivity index (χ4v) is 2.20. The van der Waals surface area contributed by atoms with Crippen LogP contribution in [0.5, 0.6) is 0 Å². The molecule has 0 saturated carbocycles. The first-order chi connectivity index (χ1) is 12.0. The molecule has 0 fully saturated rings. The van der Waals surface area contributed by atoms with Crippen LogP contribution in [0.1, 0.15) is 0 Å². The van der Waals surface area contributed by atoms with Gasteiger partial charge in [0, 0.05) is 0 Å². The van der Waals surface area contributed by atoms with Gasteiger partial charge in [-0.1, -0.05) is 24.3 Å². The number of fused-ring (bicyclic) bond motifs is 2. The monoisotopic (exact) mass is 340 g/mol. The first-order valence-corrected chi connectivity index (χ1v) is 7.08. The van der Waals surface area contributed by atoms with Crippen molar-refractivity contribution in [3.05, 3.63) is 85.8 Å². The Hall–Kier alpha value is -3.88. The van der Waals surface area contributed by atoms with Crippen LogP contribution in [0.2, 0.25) is 0 Å². The van der Waals surface area contributed by atoms with Gasteiger partial charge in [0.1, 0.15) is 11.0 Å². The number of aromatic amines is 1. The van der Waals surface area contributed by atoms with Gasteiger partial charge in [0.15, 0.2) is 0 Å². The lowest BCUT2D eigenvalue weighted by Gasteiger charge is -2.00. The molecule has 0 aliphatic heterocycles. The van der Waals surface area contributed by atoms with Gasteiger partial charge in [-0.05, 0) is 24.3 Å². The van der Waals surface area contributed by atoms with E-state index in [0.29, 0.717) is 26.0 Å². The minimum absolute atomic E-state index is 0.284. The van der Waals surface area contributed by atoms with Crippen molar-refractivity contribution in [1.29, 1.82) is 0 Å². The molecule has 2 aromatic carbocycles. The molecule has 0 spiro atoms. The fourth-order valence-electron chi connectivity index (χ4n) is 2.20. The molecule has 2 heterocycles. The maximum atomic E-state index is 11.0. The van der Waals surface area contributed by atoms with Gasteiger partial charge in [0.2, 0.25) is 0 Å². The normalized spacial score (nSPS) is 10.4. The van der Waals surface area contributed by atoms with E-state index in [9.17, 15) is 24.8 Å². The lowest BCUT2D eigenvalue weighted by molar-refractivity contribution is 0.186. The van der Waals surface area contributed by atoms with Crippen molar-refractivity contribution in [3.63, 3.8) is 0 Å². The van der Waals surface area contributed by atoms with Crippen molar-refractivity contribution in [2.24, 2.45) is 0 Å². The van der Waals surface area contributed by atoms with Crippen LogP contribution in [0.3, 0.4) is 0 Å². The molecule has 4 aromatic rings. The highest BCUT2D eigenvalue weighted by Gasteiger charge is 2.03. The second kappa shape index (κ2) is 6.32. The third-order valence-electron chi connectivity index (χ3n) is 3.40. The summed E-state index contributed by atoms with van der Waals surface area (Å²) < 4.78 is 0.927. The number of hydrogen-bond donors (Lipinski definition) is 3. The smallest absolute Gasteiger partial charge is 0.348 e. The second-order valence-electron chi connectivity index (χ2n) is 4.99. The van der Waals surface area contributed by atoms with E-state index in [2.05, 4.69) is 9.97 Å². The van der Waals surface area contributed by atoms with Crippen molar-refractivity contribution >= 4 is 22.1 Å². The quantitative estimate of drug-likeness (QED) is 0.317. The highest BCUT2D eigenvalue weighted by Crippen LogP contribution is 2.05. The average Bonchev–Trinajstić information content (AvgIpc) is 2.64. The van der Waals surface area contributed by atoms with Crippen LogP contribution in [0.15, 0.2) is 69.1 Å². The van der Waals surface area contributed by atoms with Crippen molar-refractivity contribution in [1.82, 2.24) is 19.4 Å². The van der Waals surface area contributed by atoms with Crippen molar-refractivity contribution in [3.8, 4) is 0 Å². The number of para-hydroxylation sites is 4. The average molecular weight is 340 g/mol. The van der Waals surface area contributed by atoms with E-state index in [-0.39, 0.29) is 5.52 Å². The largest absolute Gasteiger partial charge is 0.425 e. The van der Waals surface area contributed by atoms with Crippen molar-refractivity contribution in [2.45, 2.75) is 0 Å². The minimum Gasteiger partial charge on any atom is -0.425 e. The Morgan fingerprint density at radius 3 is 2.24 bits per heavy atom. The molecule has 0 unspecified atom stereocenters. The summed E-state index contributed by atoms with van der Waals surface area (Å²) in [7, 11) is 0.